The fourth-order valence-corrected chi connectivity index (χ4v) is 2.21. The average molecular weight is 237 g/mol. The summed E-state index contributed by atoms with van der Waals surface area (Å²) in [5.41, 5.74) is 1.17. The Labute approximate surface area is 97.7 Å². The van der Waals surface area contributed by atoms with Crippen LogP contribution in [-0.4, -0.2) is 9.97 Å². The van der Waals surface area contributed by atoms with Crippen molar-refractivity contribution in [3.8, 4) is 0 Å². The molecule has 2 aromatic heterocycles. The number of pyridine rings is 2. The minimum absolute atomic E-state index is 0.700. The van der Waals surface area contributed by atoms with Gasteiger partial charge in [0.25, 0.3) is 0 Å². The quantitative estimate of drug-likeness (QED) is 0.764. The first-order valence-electron chi connectivity index (χ1n) is 4.48. The molecular formula is C11H9ClN2S. The molecule has 0 aliphatic rings. The van der Waals surface area contributed by atoms with E-state index < -0.39 is 0 Å². The highest BCUT2D eigenvalue weighted by Crippen LogP contribution is 2.26. The van der Waals surface area contributed by atoms with E-state index in [-0.39, 0.29) is 0 Å². The molecule has 2 aromatic rings. The Morgan fingerprint density at radius 1 is 1.20 bits per heavy atom. The third kappa shape index (κ3) is 2.94. The molecule has 0 radical (unpaired) electrons. The largest absolute Gasteiger partial charge is 0.264 e. The van der Waals surface area contributed by atoms with E-state index in [1.807, 2.05) is 30.5 Å². The molecule has 0 saturated heterocycles. The van der Waals surface area contributed by atoms with E-state index in [9.17, 15) is 0 Å². The zero-order chi connectivity index (χ0) is 10.5. The van der Waals surface area contributed by atoms with Crippen molar-refractivity contribution in [3.05, 3.63) is 53.4 Å². The summed E-state index contributed by atoms with van der Waals surface area (Å²) in [6.07, 6.45) is 5.36. The summed E-state index contributed by atoms with van der Waals surface area (Å²) >= 11 is 7.61. The van der Waals surface area contributed by atoms with Crippen LogP contribution in [0.25, 0.3) is 0 Å². The maximum absolute atomic E-state index is 5.99. The number of hydrogen-bond donors (Lipinski definition) is 0. The fourth-order valence-electron chi connectivity index (χ4n) is 1.11. The highest BCUT2D eigenvalue weighted by atomic mass is 35.5. The average Bonchev–Trinajstić information content (AvgIpc) is 2.29. The van der Waals surface area contributed by atoms with Gasteiger partial charge < -0.3 is 0 Å². The molecule has 15 heavy (non-hydrogen) atoms. The maximum atomic E-state index is 5.99. The molecule has 0 aliphatic heterocycles. The Kier molecular flexibility index (Phi) is 3.59. The molecule has 4 heteroatoms. The minimum Gasteiger partial charge on any atom is -0.264 e. The van der Waals surface area contributed by atoms with Crippen LogP contribution in [0.15, 0.2) is 47.9 Å². The number of halogens is 1. The minimum atomic E-state index is 0.700. The van der Waals surface area contributed by atoms with Crippen molar-refractivity contribution in [1.82, 2.24) is 9.97 Å². The number of hydrogen-bond acceptors (Lipinski definition) is 3. The normalized spacial score (nSPS) is 10.2. The third-order valence-electron chi connectivity index (χ3n) is 1.82. The van der Waals surface area contributed by atoms with Crippen molar-refractivity contribution in [2.75, 3.05) is 0 Å². The summed E-state index contributed by atoms with van der Waals surface area (Å²) in [7, 11) is 0. The van der Waals surface area contributed by atoms with Crippen LogP contribution in [0.3, 0.4) is 0 Å². The molecule has 0 bridgehead atoms. The van der Waals surface area contributed by atoms with Crippen LogP contribution in [0, 0.1) is 0 Å². The molecule has 2 rings (SSSR count). The lowest BCUT2D eigenvalue weighted by atomic mass is 10.3. The van der Waals surface area contributed by atoms with Crippen molar-refractivity contribution >= 4 is 23.4 Å². The molecule has 0 aliphatic carbocycles. The second-order valence-corrected chi connectivity index (χ2v) is 4.31. The molecule has 0 unspecified atom stereocenters. The Bertz CT molecular complexity index is 434. The second-order valence-electron chi connectivity index (χ2n) is 2.94. The van der Waals surface area contributed by atoms with Gasteiger partial charge in [0.05, 0.1) is 5.02 Å². The summed E-state index contributed by atoms with van der Waals surface area (Å²) in [6.45, 7) is 0. The molecular weight excluding hydrogens is 228 g/mol. The summed E-state index contributed by atoms with van der Waals surface area (Å²) in [4.78, 5) is 8.26. The van der Waals surface area contributed by atoms with Gasteiger partial charge in [-0.25, -0.2) is 4.98 Å². The van der Waals surface area contributed by atoms with Crippen LogP contribution in [-0.2, 0) is 5.75 Å². The Morgan fingerprint density at radius 2 is 2.07 bits per heavy atom. The van der Waals surface area contributed by atoms with Gasteiger partial charge in [0.2, 0.25) is 0 Å². The molecule has 76 valence electrons. The highest BCUT2D eigenvalue weighted by molar-refractivity contribution is 7.98. The van der Waals surface area contributed by atoms with Gasteiger partial charge in [-0.3, -0.25) is 4.98 Å². The molecule has 0 amide bonds. The first-order chi connectivity index (χ1) is 7.36. The summed E-state index contributed by atoms with van der Waals surface area (Å²) in [6, 6.07) is 7.64. The number of aromatic nitrogens is 2. The van der Waals surface area contributed by atoms with Gasteiger partial charge in [0, 0.05) is 24.3 Å². The highest BCUT2D eigenvalue weighted by Gasteiger charge is 2.01. The smallest absolute Gasteiger partial charge is 0.115 e. The predicted molar refractivity (Wildman–Crippen MR) is 63.0 cm³/mol. The van der Waals surface area contributed by atoms with Crippen molar-refractivity contribution in [2.45, 2.75) is 10.8 Å². The van der Waals surface area contributed by atoms with Crippen LogP contribution in [0.1, 0.15) is 5.56 Å². The Hall–Kier alpha value is -1.06. The molecule has 0 fully saturated rings. The van der Waals surface area contributed by atoms with Gasteiger partial charge in [-0.2, -0.15) is 0 Å². The summed E-state index contributed by atoms with van der Waals surface area (Å²) in [5, 5.41) is 1.56. The number of rotatable bonds is 3. The van der Waals surface area contributed by atoms with Crippen molar-refractivity contribution in [3.63, 3.8) is 0 Å². The summed E-state index contributed by atoms with van der Waals surface area (Å²) < 4.78 is 0. The van der Waals surface area contributed by atoms with Crippen LogP contribution in [0.4, 0.5) is 0 Å². The van der Waals surface area contributed by atoms with E-state index in [4.69, 9.17) is 11.6 Å². The molecule has 0 N–H and O–H groups in total. The topological polar surface area (TPSA) is 25.8 Å². The zero-order valence-electron chi connectivity index (χ0n) is 7.93. The second kappa shape index (κ2) is 5.14. The number of nitrogens with zero attached hydrogens (tertiary/aromatic N) is 2. The molecule has 0 atom stereocenters. The van der Waals surface area contributed by atoms with E-state index in [0.29, 0.717) is 5.02 Å². The van der Waals surface area contributed by atoms with Gasteiger partial charge >= 0.3 is 0 Å². The SMILES string of the molecule is Clc1cccnc1SCc1cccnc1. The first kappa shape index (κ1) is 10.5. The van der Waals surface area contributed by atoms with Crippen LogP contribution < -0.4 is 0 Å². The van der Waals surface area contributed by atoms with Gasteiger partial charge in [0.15, 0.2) is 0 Å². The van der Waals surface area contributed by atoms with Crippen LogP contribution in [0.2, 0.25) is 5.02 Å². The van der Waals surface area contributed by atoms with Gasteiger partial charge in [-0.1, -0.05) is 17.7 Å². The van der Waals surface area contributed by atoms with E-state index in [2.05, 4.69) is 9.97 Å². The molecule has 0 aromatic carbocycles. The van der Waals surface area contributed by atoms with Gasteiger partial charge in [0.1, 0.15) is 5.03 Å². The Balaban J connectivity index is 2.03. The molecule has 0 saturated carbocycles. The zero-order valence-corrected chi connectivity index (χ0v) is 9.50. The summed E-state index contributed by atoms with van der Waals surface area (Å²) in [5.74, 6) is 0.838. The van der Waals surface area contributed by atoms with Gasteiger partial charge in [-0.15, -0.1) is 11.8 Å². The van der Waals surface area contributed by atoms with Crippen molar-refractivity contribution in [1.29, 1.82) is 0 Å². The maximum Gasteiger partial charge on any atom is 0.115 e. The lowest BCUT2D eigenvalue weighted by Gasteiger charge is -2.01. The number of thioether (sulfide) groups is 1. The molecule has 2 nitrogen and oxygen atoms in total. The first-order valence-corrected chi connectivity index (χ1v) is 5.85. The predicted octanol–water partition coefficient (Wildman–Crippen LogP) is 3.42. The lowest BCUT2D eigenvalue weighted by molar-refractivity contribution is 1.13. The van der Waals surface area contributed by atoms with Crippen LogP contribution >= 0.6 is 23.4 Å². The lowest BCUT2D eigenvalue weighted by Crippen LogP contribution is -1.84. The van der Waals surface area contributed by atoms with Gasteiger partial charge in [-0.05, 0) is 23.8 Å². The Morgan fingerprint density at radius 3 is 2.80 bits per heavy atom. The van der Waals surface area contributed by atoms with Crippen LogP contribution in [0.5, 0.6) is 0 Å². The van der Waals surface area contributed by atoms with E-state index in [1.54, 1.807) is 24.2 Å². The van der Waals surface area contributed by atoms with E-state index >= 15 is 0 Å². The third-order valence-corrected chi connectivity index (χ3v) is 3.32. The fraction of sp³-hybridized carbons (Fsp3) is 0.0909. The van der Waals surface area contributed by atoms with Crippen molar-refractivity contribution in [2.24, 2.45) is 0 Å². The van der Waals surface area contributed by atoms with E-state index in [1.165, 1.54) is 5.56 Å². The standard InChI is InChI=1S/C11H9ClN2S/c12-10-4-2-6-14-11(10)15-8-9-3-1-5-13-7-9/h1-7H,8H2. The molecule has 2 heterocycles. The monoisotopic (exact) mass is 236 g/mol. The molecule has 0 spiro atoms. The van der Waals surface area contributed by atoms with E-state index in [0.717, 1.165) is 10.8 Å². The van der Waals surface area contributed by atoms with Crippen molar-refractivity contribution < 1.29 is 0 Å².